The van der Waals surface area contributed by atoms with Crippen LogP contribution in [0.1, 0.15) is 194 Å². The summed E-state index contributed by atoms with van der Waals surface area (Å²) in [6.45, 7) is 3.49. The van der Waals surface area contributed by atoms with Crippen LogP contribution in [0.3, 0.4) is 0 Å². The van der Waals surface area contributed by atoms with E-state index >= 15 is 0 Å². The van der Waals surface area contributed by atoms with Crippen LogP contribution in [0.4, 0.5) is 0 Å². The molecule has 0 aliphatic carbocycles. The standard InChI is InChI=1S/C45H82NO8P/c1-3-5-7-9-11-13-15-17-19-20-21-22-24-25-27-29-31-33-35-37-44(48)46-39-40-53-55(50,51)54-42-43(47)41-52-45(49)38-36-34-32-30-28-26-23-18-16-14-12-10-8-6-4-2/h11,13,17-19,21-23,43,47H,3-10,12,14-16,20,24-42H2,1-2H3,(H,46,48)(H,50,51)/b13-11-,19-17-,22-21-,23-18-. The van der Waals surface area contributed by atoms with Crippen molar-refractivity contribution in [3.63, 3.8) is 0 Å². The Balaban J connectivity index is 3.63. The van der Waals surface area contributed by atoms with Crippen LogP contribution in [0.25, 0.3) is 0 Å². The molecule has 3 N–H and O–H groups in total. The number of nitrogens with one attached hydrogen (secondary N) is 1. The van der Waals surface area contributed by atoms with Gasteiger partial charge in [0, 0.05) is 19.4 Å². The number of hydrogen-bond acceptors (Lipinski definition) is 7. The van der Waals surface area contributed by atoms with Crippen molar-refractivity contribution in [1.82, 2.24) is 5.32 Å². The third-order valence-corrected chi connectivity index (χ3v) is 10.2. The number of phosphoric ester groups is 1. The first-order chi connectivity index (χ1) is 26.8. The molecule has 0 heterocycles. The fourth-order valence-corrected chi connectivity index (χ4v) is 6.61. The predicted octanol–water partition coefficient (Wildman–Crippen LogP) is 12.3. The fourth-order valence-electron chi connectivity index (χ4n) is 5.85. The van der Waals surface area contributed by atoms with Gasteiger partial charge >= 0.3 is 13.8 Å². The van der Waals surface area contributed by atoms with Crippen molar-refractivity contribution in [3.05, 3.63) is 48.6 Å². The van der Waals surface area contributed by atoms with Crippen LogP contribution in [0.15, 0.2) is 48.6 Å². The molecule has 0 rings (SSSR count). The molecule has 0 aromatic carbocycles. The van der Waals surface area contributed by atoms with Crippen molar-refractivity contribution < 1.29 is 37.9 Å². The van der Waals surface area contributed by atoms with Gasteiger partial charge in [-0.05, 0) is 77.0 Å². The van der Waals surface area contributed by atoms with E-state index < -0.39 is 26.5 Å². The first-order valence-corrected chi connectivity index (χ1v) is 23.6. The molecular weight excluding hydrogens is 713 g/mol. The van der Waals surface area contributed by atoms with Gasteiger partial charge in [0.15, 0.2) is 0 Å². The summed E-state index contributed by atoms with van der Waals surface area (Å²) in [5, 5.41) is 12.7. The third-order valence-electron chi connectivity index (χ3n) is 9.23. The molecule has 0 aromatic heterocycles. The summed E-state index contributed by atoms with van der Waals surface area (Å²) in [7, 11) is -4.42. The Morgan fingerprint density at radius 2 is 0.982 bits per heavy atom. The number of esters is 1. The molecule has 1 amide bonds. The predicted molar refractivity (Wildman–Crippen MR) is 229 cm³/mol. The lowest BCUT2D eigenvalue weighted by molar-refractivity contribution is -0.147. The zero-order valence-electron chi connectivity index (χ0n) is 35.1. The molecule has 2 unspecified atom stereocenters. The quantitative estimate of drug-likeness (QED) is 0.0241. The number of allylic oxidation sites excluding steroid dienone is 8. The van der Waals surface area contributed by atoms with Crippen LogP contribution < -0.4 is 5.32 Å². The fraction of sp³-hybridized carbons (Fsp3) is 0.778. The van der Waals surface area contributed by atoms with E-state index in [0.29, 0.717) is 6.42 Å². The van der Waals surface area contributed by atoms with Crippen molar-refractivity contribution in [2.75, 3.05) is 26.4 Å². The molecule has 0 spiro atoms. The van der Waals surface area contributed by atoms with E-state index in [9.17, 15) is 24.2 Å². The molecule has 0 bridgehead atoms. The first kappa shape index (κ1) is 53.0. The lowest BCUT2D eigenvalue weighted by Gasteiger charge is -2.15. The van der Waals surface area contributed by atoms with E-state index in [0.717, 1.165) is 83.5 Å². The SMILES string of the molecule is CCCCC/C=C\C/C=C\C/C=C\CCCCCCCCC(=O)NCCOP(=O)(O)OCC(O)COC(=O)CCCCCCC/C=C\CCCCCCCC. The Bertz CT molecular complexity index is 1040. The number of rotatable bonds is 41. The number of carbonyl (C=O) groups is 2. The number of unbranched alkanes of at least 4 members (excludes halogenated alkanes) is 20. The monoisotopic (exact) mass is 796 g/mol. The van der Waals surface area contributed by atoms with Crippen LogP contribution in [0.5, 0.6) is 0 Å². The van der Waals surface area contributed by atoms with Gasteiger partial charge in [0.05, 0.1) is 13.2 Å². The van der Waals surface area contributed by atoms with E-state index in [-0.39, 0.29) is 32.1 Å². The highest BCUT2D eigenvalue weighted by molar-refractivity contribution is 7.47. The highest BCUT2D eigenvalue weighted by Gasteiger charge is 2.23. The van der Waals surface area contributed by atoms with Crippen LogP contribution in [-0.4, -0.2) is 54.3 Å². The number of phosphoric acid groups is 1. The van der Waals surface area contributed by atoms with Gasteiger partial charge < -0.3 is 20.1 Å². The summed E-state index contributed by atoms with van der Waals surface area (Å²) in [6.07, 6.45) is 47.5. The van der Waals surface area contributed by atoms with Gasteiger partial charge in [0.1, 0.15) is 12.7 Å². The van der Waals surface area contributed by atoms with Gasteiger partial charge in [0.2, 0.25) is 5.91 Å². The smallest absolute Gasteiger partial charge is 0.463 e. The van der Waals surface area contributed by atoms with Crippen LogP contribution in [0.2, 0.25) is 0 Å². The average molecular weight is 796 g/mol. The number of amides is 1. The zero-order valence-corrected chi connectivity index (χ0v) is 36.0. The minimum Gasteiger partial charge on any atom is -0.463 e. The van der Waals surface area contributed by atoms with E-state index in [1.165, 1.54) is 83.5 Å². The Labute approximate surface area is 336 Å². The molecule has 320 valence electrons. The molecule has 0 aliphatic rings. The summed E-state index contributed by atoms with van der Waals surface area (Å²) in [5.41, 5.74) is 0. The maximum absolute atomic E-state index is 12.1. The van der Waals surface area contributed by atoms with Crippen molar-refractivity contribution in [3.8, 4) is 0 Å². The van der Waals surface area contributed by atoms with Crippen LogP contribution >= 0.6 is 7.82 Å². The minimum atomic E-state index is -4.42. The number of aliphatic hydroxyl groups is 1. The van der Waals surface area contributed by atoms with Gasteiger partial charge in [0.25, 0.3) is 0 Å². The molecule has 0 radical (unpaired) electrons. The van der Waals surface area contributed by atoms with Crippen molar-refractivity contribution in [2.24, 2.45) is 0 Å². The van der Waals surface area contributed by atoms with E-state index in [2.05, 4.69) is 67.8 Å². The third kappa shape index (κ3) is 42.9. The van der Waals surface area contributed by atoms with Gasteiger partial charge in [-0.1, -0.05) is 152 Å². The molecule has 0 saturated carbocycles. The lowest BCUT2D eigenvalue weighted by Crippen LogP contribution is -2.27. The lowest BCUT2D eigenvalue weighted by atomic mass is 10.1. The van der Waals surface area contributed by atoms with Gasteiger partial charge in [-0.25, -0.2) is 4.57 Å². The summed E-state index contributed by atoms with van der Waals surface area (Å²) < 4.78 is 26.9. The average Bonchev–Trinajstić information content (AvgIpc) is 3.17. The molecule has 0 fully saturated rings. The molecule has 9 nitrogen and oxygen atoms in total. The molecule has 0 saturated heterocycles. The first-order valence-electron chi connectivity index (χ1n) is 22.1. The molecule has 2 atom stereocenters. The molecule has 0 aliphatic heterocycles. The molecule has 10 heteroatoms. The highest BCUT2D eigenvalue weighted by Crippen LogP contribution is 2.42. The summed E-state index contributed by atoms with van der Waals surface area (Å²) in [5.74, 6) is -0.538. The number of carbonyl (C=O) groups excluding carboxylic acids is 2. The number of aliphatic hydroxyl groups excluding tert-OH is 1. The minimum absolute atomic E-state index is 0.0722. The summed E-state index contributed by atoms with van der Waals surface area (Å²) >= 11 is 0. The van der Waals surface area contributed by atoms with Gasteiger partial charge in [-0.2, -0.15) is 0 Å². The highest BCUT2D eigenvalue weighted by atomic mass is 31.2. The second-order valence-electron chi connectivity index (χ2n) is 14.7. The maximum Gasteiger partial charge on any atom is 0.472 e. The number of hydrogen-bond donors (Lipinski definition) is 3. The summed E-state index contributed by atoms with van der Waals surface area (Å²) in [4.78, 5) is 33.9. The van der Waals surface area contributed by atoms with Crippen LogP contribution in [0, 0.1) is 0 Å². The van der Waals surface area contributed by atoms with E-state index in [4.69, 9.17) is 13.8 Å². The van der Waals surface area contributed by atoms with Crippen molar-refractivity contribution in [2.45, 2.75) is 200 Å². The zero-order chi connectivity index (χ0) is 40.3. The molecule has 0 aromatic rings. The van der Waals surface area contributed by atoms with E-state index in [1.807, 2.05) is 0 Å². The molecule has 55 heavy (non-hydrogen) atoms. The van der Waals surface area contributed by atoms with Crippen molar-refractivity contribution >= 4 is 19.7 Å². The Hall–Kier alpha value is -2.03. The molecular formula is C45H82NO8P. The van der Waals surface area contributed by atoms with Crippen molar-refractivity contribution in [1.29, 1.82) is 0 Å². The Kier molecular flexibility index (Phi) is 40.1. The Morgan fingerprint density at radius 1 is 0.564 bits per heavy atom. The second-order valence-corrected chi connectivity index (χ2v) is 16.1. The second kappa shape index (κ2) is 41.6. The topological polar surface area (TPSA) is 131 Å². The van der Waals surface area contributed by atoms with E-state index in [1.54, 1.807) is 0 Å². The number of ether oxygens (including phenoxy) is 1. The summed E-state index contributed by atoms with van der Waals surface area (Å²) in [6, 6.07) is 0. The Morgan fingerprint density at radius 3 is 1.53 bits per heavy atom. The normalized spacial score (nSPS) is 13.7. The maximum atomic E-state index is 12.1. The van der Waals surface area contributed by atoms with Crippen LogP contribution in [-0.2, 0) is 27.9 Å². The van der Waals surface area contributed by atoms with Gasteiger partial charge in [-0.3, -0.25) is 18.6 Å². The van der Waals surface area contributed by atoms with Gasteiger partial charge in [-0.15, -0.1) is 0 Å². The largest absolute Gasteiger partial charge is 0.472 e.